The van der Waals surface area contributed by atoms with E-state index in [1.54, 1.807) is 0 Å². The summed E-state index contributed by atoms with van der Waals surface area (Å²) in [7, 11) is -0.455. The summed E-state index contributed by atoms with van der Waals surface area (Å²) in [6.45, 7) is 8.54. The SMILES string of the molecule is CCC1(C)OB(c2cccc3oc4c(-c5ccc6c7ccccc7c7ccccc7c6c5)cccc4c23)OC1(C)C. The van der Waals surface area contributed by atoms with Crippen molar-refractivity contribution in [3.63, 3.8) is 0 Å². The molecule has 0 N–H and O–H groups in total. The average molecular weight is 534 g/mol. The lowest BCUT2D eigenvalue weighted by Gasteiger charge is -2.35. The number of furan rings is 1. The van der Waals surface area contributed by atoms with Crippen LogP contribution in [0.2, 0.25) is 0 Å². The van der Waals surface area contributed by atoms with E-state index in [-0.39, 0.29) is 5.60 Å². The fourth-order valence-electron chi connectivity index (χ4n) is 6.80. The van der Waals surface area contributed by atoms with Crippen LogP contribution in [0, 0.1) is 0 Å². The van der Waals surface area contributed by atoms with Crippen LogP contribution in [0.5, 0.6) is 0 Å². The summed E-state index contributed by atoms with van der Waals surface area (Å²) in [4.78, 5) is 0. The monoisotopic (exact) mass is 534 g/mol. The van der Waals surface area contributed by atoms with Gasteiger partial charge >= 0.3 is 7.12 Å². The molecule has 8 rings (SSSR count). The lowest BCUT2D eigenvalue weighted by atomic mass is 9.76. The van der Waals surface area contributed by atoms with Crippen LogP contribution in [-0.2, 0) is 9.31 Å². The molecule has 1 aliphatic rings. The Morgan fingerprint density at radius 1 is 0.610 bits per heavy atom. The van der Waals surface area contributed by atoms with Gasteiger partial charge in [-0.15, -0.1) is 0 Å². The Balaban J connectivity index is 1.35. The van der Waals surface area contributed by atoms with Gasteiger partial charge in [0, 0.05) is 16.3 Å². The predicted octanol–water partition coefficient (Wildman–Crippen LogP) is 9.40. The molecule has 41 heavy (non-hydrogen) atoms. The fourth-order valence-corrected chi connectivity index (χ4v) is 6.80. The Labute approximate surface area is 239 Å². The molecule has 0 amide bonds. The third-order valence-electron chi connectivity index (χ3n) is 9.58. The molecule has 1 aliphatic heterocycles. The van der Waals surface area contributed by atoms with E-state index in [1.807, 2.05) is 12.1 Å². The topological polar surface area (TPSA) is 31.6 Å². The van der Waals surface area contributed by atoms with Crippen molar-refractivity contribution < 1.29 is 13.7 Å². The molecule has 0 radical (unpaired) electrons. The van der Waals surface area contributed by atoms with Gasteiger partial charge in [-0.05, 0) is 82.7 Å². The first kappa shape index (κ1) is 24.7. The van der Waals surface area contributed by atoms with Crippen molar-refractivity contribution in [2.75, 3.05) is 0 Å². The summed E-state index contributed by atoms with van der Waals surface area (Å²) < 4.78 is 19.8. The maximum Gasteiger partial charge on any atom is 0.495 e. The van der Waals surface area contributed by atoms with Gasteiger partial charge in [0.2, 0.25) is 0 Å². The first-order valence-corrected chi connectivity index (χ1v) is 14.5. The third kappa shape index (κ3) is 3.48. The van der Waals surface area contributed by atoms with Crippen LogP contribution in [0.3, 0.4) is 0 Å². The highest BCUT2D eigenvalue weighted by Crippen LogP contribution is 2.42. The van der Waals surface area contributed by atoms with Crippen LogP contribution < -0.4 is 5.46 Å². The van der Waals surface area contributed by atoms with Gasteiger partial charge in [0.05, 0.1) is 11.2 Å². The van der Waals surface area contributed by atoms with Crippen LogP contribution in [-0.4, -0.2) is 18.3 Å². The van der Waals surface area contributed by atoms with E-state index in [1.165, 1.54) is 32.3 Å². The van der Waals surface area contributed by atoms with Gasteiger partial charge in [-0.2, -0.15) is 0 Å². The summed E-state index contributed by atoms with van der Waals surface area (Å²) in [6.07, 6.45) is 0.870. The highest BCUT2D eigenvalue weighted by molar-refractivity contribution is 6.66. The number of rotatable bonds is 3. The molecule has 1 atom stereocenters. The Bertz CT molecular complexity index is 2120. The van der Waals surface area contributed by atoms with Gasteiger partial charge < -0.3 is 13.7 Å². The van der Waals surface area contributed by atoms with Crippen molar-refractivity contribution in [3.8, 4) is 11.1 Å². The van der Waals surface area contributed by atoms with Crippen LogP contribution >= 0.6 is 0 Å². The summed E-state index contributed by atoms with van der Waals surface area (Å²) in [6, 6.07) is 36.8. The normalized spacial score (nSPS) is 18.9. The van der Waals surface area contributed by atoms with Crippen molar-refractivity contribution in [2.45, 2.75) is 45.3 Å². The van der Waals surface area contributed by atoms with Gasteiger partial charge in [-0.25, -0.2) is 0 Å². The zero-order valence-electron chi connectivity index (χ0n) is 23.8. The van der Waals surface area contributed by atoms with Crippen molar-refractivity contribution in [2.24, 2.45) is 0 Å². The molecule has 3 nitrogen and oxygen atoms in total. The number of para-hydroxylation sites is 1. The molecule has 0 saturated carbocycles. The summed E-state index contributed by atoms with van der Waals surface area (Å²) >= 11 is 0. The molecule has 1 fully saturated rings. The van der Waals surface area contributed by atoms with Crippen molar-refractivity contribution in [1.82, 2.24) is 0 Å². The maximum atomic E-state index is 6.63. The van der Waals surface area contributed by atoms with E-state index in [4.69, 9.17) is 13.7 Å². The molecule has 1 aromatic heterocycles. The van der Waals surface area contributed by atoms with E-state index >= 15 is 0 Å². The van der Waals surface area contributed by atoms with E-state index in [0.717, 1.165) is 44.9 Å². The number of benzene rings is 6. The number of hydrogen-bond donors (Lipinski definition) is 0. The summed E-state index contributed by atoms with van der Waals surface area (Å²) in [5, 5.41) is 9.75. The smallest absolute Gasteiger partial charge is 0.455 e. The summed E-state index contributed by atoms with van der Waals surface area (Å²) in [5.74, 6) is 0. The molecule has 1 saturated heterocycles. The Hall–Kier alpha value is -4.12. The molecule has 0 aliphatic carbocycles. The second-order valence-corrected chi connectivity index (χ2v) is 12.0. The second kappa shape index (κ2) is 8.69. The molecular formula is C37H31BO3. The van der Waals surface area contributed by atoms with Crippen molar-refractivity contribution in [3.05, 3.63) is 103 Å². The first-order chi connectivity index (χ1) is 19.9. The van der Waals surface area contributed by atoms with Crippen LogP contribution in [0.25, 0.3) is 65.4 Å². The fraction of sp³-hybridized carbons (Fsp3) is 0.189. The van der Waals surface area contributed by atoms with Gasteiger partial charge in [-0.1, -0.05) is 97.9 Å². The molecule has 1 unspecified atom stereocenters. The minimum Gasteiger partial charge on any atom is -0.455 e. The zero-order valence-corrected chi connectivity index (χ0v) is 23.8. The maximum absolute atomic E-state index is 6.63. The van der Waals surface area contributed by atoms with Crippen LogP contribution in [0.15, 0.2) is 108 Å². The molecule has 0 spiro atoms. The Morgan fingerprint density at radius 2 is 1.22 bits per heavy atom. The molecule has 4 heteroatoms. The average Bonchev–Trinajstić information content (AvgIpc) is 3.51. The van der Waals surface area contributed by atoms with E-state index < -0.39 is 12.7 Å². The quantitative estimate of drug-likeness (QED) is 0.167. The Morgan fingerprint density at radius 3 is 1.88 bits per heavy atom. The largest absolute Gasteiger partial charge is 0.495 e. The molecule has 7 aromatic rings. The molecule has 200 valence electrons. The minimum absolute atomic E-state index is 0.372. The second-order valence-electron chi connectivity index (χ2n) is 12.0. The Kier molecular flexibility index (Phi) is 5.23. The van der Waals surface area contributed by atoms with E-state index in [9.17, 15) is 0 Å². The number of fused-ring (bicyclic) bond motifs is 9. The molecule has 6 aromatic carbocycles. The predicted molar refractivity (Wildman–Crippen MR) is 172 cm³/mol. The molecule has 2 heterocycles. The zero-order chi connectivity index (χ0) is 27.9. The summed E-state index contributed by atoms with van der Waals surface area (Å²) in [5.41, 5.74) is 4.18. The molecule has 0 bridgehead atoms. The third-order valence-corrected chi connectivity index (χ3v) is 9.58. The standard InChI is InChI=1S/C37H31BO3/c1-5-37(4)36(2,3)40-38(41-37)32-18-11-19-33-34(32)30-17-10-16-24(35(30)39-33)23-20-21-29-27-14-7-6-12-25(27)26-13-8-9-15-28(26)31(29)22-23/h6-22H,5H2,1-4H3. The van der Waals surface area contributed by atoms with E-state index in [0.29, 0.717) is 0 Å². The van der Waals surface area contributed by atoms with Gasteiger partial charge in [-0.3, -0.25) is 0 Å². The lowest BCUT2D eigenvalue weighted by Crippen LogP contribution is -2.44. The van der Waals surface area contributed by atoms with Crippen LogP contribution in [0.4, 0.5) is 0 Å². The van der Waals surface area contributed by atoms with Gasteiger partial charge in [0.25, 0.3) is 0 Å². The minimum atomic E-state index is -0.455. The first-order valence-electron chi connectivity index (χ1n) is 14.5. The van der Waals surface area contributed by atoms with Crippen molar-refractivity contribution >= 4 is 66.8 Å². The lowest BCUT2D eigenvalue weighted by molar-refractivity contribution is -0.0118. The van der Waals surface area contributed by atoms with E-state index in [2.05, 4.69) is 119 Å². The van der Waals surface area contributed by atoms with Gasteiger partial charge in [0.1, 0.15) is 11.2 Å². The highest BCUT2D eigenvalue weighted by atomic mass is 16.7. The number of hydrogen-bond acceptors (Lipinski definition) is 3. The molecular weight excluding hydrogens is 503 g/mol. The van der Waals surface area contributed by atoms with Crippen molar-refractivity contribution in [1.29, 1.82) is 0 Å². The van der Waals surface area contributed by atoms with Gasteiger partial charge in [0.15, 0.2) is 0 Å². The van der Waals surface area contributed by atoms with Crippen LogP contribution in [0.1, 0.15) is 34.1 Å². The highest BCUT2D eigenvalue weighted by Gasteiger charge is 2.54.